The molecule has 0 fully saturated rings. The Bertz CT molecular complexity index is 559. The molecule has 2 aromatic heterocycles. The number of aromatic carboxylic acids is 1. The standard InChI is InChI=1S/C10H7NO4S2/c1-15-10(14)8-11-6(9(12)13)7(17-8)5-3-2-4-16-5/h2-4H,1H3,(H,12,13). The van der Waals surface area contributed by atoms with E-state index in [1.54, 1.807) is 6.07 Å². The number of thiophene rings is 1. The fourth-order valence-electron chi connectivity index (χ4n) is 1.21. The van der Waals surface area contributed by atoms with E-state index in [1.807, 2.05) is 11.4 Å². The molecule has 0 amide bonds. The highest BCUT2D eigenvalue weighted by Gasteiger charge is 2.22. The number of nitrogens with zero attached hydrogens (tertiary/aromatic N) is 1. The third-order valence-electron chi connectivity index (χ3n) is 1.93. The highest BCUT2D eigenvalue weighted by molar-refractivity contribution is 7.22. The van der Waals surface area contributed by atoms with Gasteiger partial charge >= 0.3 is 11.9 Å². The summed E-state index contributed by atoms with van der Waals surface area (Å²) < 4.78 is 4.52. The number of esters is 1. The average molecular weight is 269 g/mol. The molecule has 2 heterocycles. The van der Waals surface area contributed by atoms with Gasteiger partial charge in [0.25, 0.3) is 0 Å². The van der Waals surface area contributed by atoms with Crippen LogP contribution < -0.4 is 0 Å². The average Bonchev–Trinajstić information content (AvgIpc) is 2.95. The summed E-state index contributed by atoms with van der Waals surface area (Å²) in [5.41, 5.74) is -0.113. The normalized spacial score (nSPS) is 10.2. The molecule has 1 N–H and O–H groups in total. The van der Waals surface area contributed by atoms with E-state index in [0.717, 1.165) is 16.2 Å². The van der Waals surface area contributed by atoms with Crippen molar-refractivity contribution in [3.8, 4) is 9.75 Å². The summed E-state index contributed by atoms with van der Waals surface area (Å²) in [5.74, 6) is -1.78. The Balaban J connectivity index is 2.54. The SMILES string of the molecule is COC(=O)c1nc(C(=O)O)c(-c2cccs2)s1. The van der Waals surface area contributed by atoms with Gasteiger partial charge < -0.3 is 9.84 Å². The Kier molecular flexibility index (Phi) is 3.21. The van der Waals surface area contributed by atoms with Gasteiger partial charge in [0.2, 0.25) is 5.01 Å². The van der Waals surface area contributed by atoms with Gasteiger partial charge in [-0.05, 0) is 11.4 Å². The molecule has 0 aromatic carbocycles. The number of carboxylic acids is 1. The lowest BCUT2D eigenvalue weighted by Crippen LogP contribution is -2.03. The van der Waals surface area contributed by atoms with Gasteiger partial charge in [0.05, 0.1) is 12.0 Å². The maximum Gasteiger partial charge on any atom is 0.367 e. The second kappa shape index (κ2) is 4.64. The maximum atomic E-state index is 11.3. The molecule has 88 valence electrons. The number of rotatable bonds is 3. The lowest BCUT2D eigenvalue weighted by molar-refractivity contribution is 0.0600. The van der Waals surface area contributed by atoms with Crippen molar-refractivity contribution in [2.45, 2.75) is 0 Å². The lowest BCUT2D eigenvalue weighted by atomic mass is 10.3. The molecule has 0 saturated carbocycles. The number of carbonyl (C=O) groups excluding carboxylic acids is 1. The molecule has 0 aliphatic heterocycles. The number of hydrogen-bond donors (Lipinski definition) is 1. The van der Waals surface area contributed by atoms with Crippen molar-refractivity contribution >= 4 is 34.6 Å². The first-order chi connectivity index (χ1) is 8.13. The number of aromatic nitrogens is 1. The Morgan fingerprint density at radius 3 is 2.76 bits per heavy atom. The van der Waals surface area contributed by atoms with Gasteiger partial charge in [-0.1, -0.05) is 6.07 Å². The minimum atomic E-state index is -1.15. The van der Waals surface area contributed by atoms with Gasteiger partial charge in [0.15, 0.2) is 5.69 Å². The summed E-state index contributed by atoms with van der Waals surface area (Å²) in [6, 6.07) is 3.59. The first-order valence-corrected chi connectivity index (χ1v) is 6.19. The van der Waals surface area contributed by atoms with Crippen molar-refractivity contribution in [3.05, 3.63) is 28.2 Å². The van der Waals surface area contributed by atoms with Crippen LogP contribution in [-0.2, 0) is 4.74 Å². The van der Waals surface area contributed by atoms with Gasteiger partial charge in [-0.25, -0.2) is 14.6 Å². The van der Waals surface area contributed by atoms with Crippen molar-refractivity contribution in [3.63, 3.8) is 0 Å². The zero-order chi connectivity index (χ0) is 12.4. The second-order valence-corrected chi connectivity index (χ2v) is 4.92. The molecule has 5 nitrogen and oxygen atoms in total. The van der Waals surface area contributed by atoms with Crippen LogP contribution in [0.5, 0.6) is 0 Å². The van der Waals surface area contributed by atoms with Crippen LogP contribution >= 0.6 is 22.7 Å². The molecule has 17 heavy (non-hydrogen) atoms. The molecule has 0 aliphatic rings. The zero-order valence-corrected chi connectivity index (χ0v) is 10.3. The first kappa shape index (κ1) is 11.7. The summed E-state index contributed by atoms with van der Waals surface area (Å²) in [7, 11) is 1.23. The molecule has 0 bridgehead atoms. The van der Waals surface area contributed by atoms with Gasteiger partial charge in [-0.2, -0.15) is 0 Å². The Labute approximate surface area is 104 Å². The minimum Gasteiger partial charge on any atom is -0.476 e. The predicted octanol–water partition coefficient (Wildman–Crippen LogP) is 2.36. The van der Waals surface area contributed by atoms with E-state index < -0.39 is 11.9 Å². The summed E-state index contributed by atoms with van der Waals surface area (Å²) in [6.45, 7) is 0. The van der Waals surface area contributed by atoms with Crippen LogP contribution in [-0.4, -0.2) is 29.1 Å². The van der Waals surface area contributed by atoms with E-state index in [4.69, 9.17) is 5.11 Å². The minimum absolute atomic E-state index is 0.0494. The second-order valence-electron chi connectivity index (χ2n) is 2.97. The van der Waals surface area contributed by atoms with E-state index in [0.29, 0.717) is 4.88 Å². The zero-order valence-electron chi connectivity index (χ0n) is 8.67. The summed E-state index contributed by atoms with van der Waals surface area (Å²) in [6.07, 6.45) is 0. The van der Waals surface area contributed by atoms with Crippen molar-refractivity contribution < 1.29 is 19.4 Å². The third kappa shape index (κ3) is 2.20. The number of carboxylic acid groups (broad SMARTS) is 1. The van der Waals surface area contributed by atoms with Crippen molar-refractivity contribution in [1.29, 1.82) is 0 Å². The van der Waals surface area contributed by atoms with Crippen LogP contribution in [0.2, 0.25) is 0 Å². The van der Waals surface area contributed by atoms with Gasteiger partial charge in [0.1, 0.15) is 0 Å². The largest absolute Gasteiger partial charge is 0.476 e. The highest BCUT2D eigenvalue weighted by Crippen LogP contribution is 2.33. The molecule has 0 saturated heterocycles. The maximum absolute atomic E-state index is 11.3. The van der Waals surface area contributed by atoms with Crippen LogP contribution in [0.25, 0.3) is 9.75 Å². The van der Waals surface area contributed by atoms with Crippen LogP contribution in [0.15, 0.2) is 17.5 Å². The van der Waals surface area contributed by atoms with E-state index in [2.05, 4.69) is 9.72 Å². The van der Waals surface area contributed by atoms with Crippen molar-refractivity contribution in [1.82, 2.24) is 4.98 Å². The number of carbonyl (C=O) groups is 2. The number of hydrogen-bond acceptors (Lipinski definition) is 6. The van der Waals surface area contributed by atoms with Crippen LogP contribution in [0.1, 0.15) is 20.3 Å². The van der Waals surface area contributed by atoms with E-state index >= 15 is 0 Å². The quantitative estimate of drug-likeness (QED) is 0.865. The van der Waals surface area contributed by atoms with Gasteiger partial charge in [-0.3, -0.25) is 0 Å². The molecule has 2 rings (SSSR count). The molecular formula is C10H7NO4S2. The molecule has 0 spiro atoms. The Hall–Kier alpha value is -1.73. The molecule has 0 atom stereocenters. The van der Waals surface area contributed by atoms with Gasteiger partial charge in [-0.15, -0.1) is 22.7 Å². The summed E-state index contributed by atoms with van der Waals surface area (Å²) in [5, 5.41) is 10.9. The Morgan fingerprint density at radius 2 is 2.24 bits per heavy atom. The topological polar surface area (TPSA) is 76.5 Å². The smallest absolute Gasteiger partial charge is 0.367 e. The van der Waals surface area contributed by atoms with Crippen LogP contribution in [0.3, 0.4) is 0 Å². The lowest BCUT2D eigenvalue weighted by Gasteiger charge is -1.92. The van der Waals surface area contributed by atoms with E-state index in [-0.39, 0.29) is 10.7 Å². The summed E-state index contributed by atoms with van der Waals surface area (Å²) in [4.78, 5) is 27.4. The van der Waals surface area contributed by atoms with Crippen LogP contribution in [0.4, 0.5) is 0 Å². The van der Waals surface area contributed by atoms with E-state index in [1.165, 1.54) is 18.4 Å². The molecule has 0 radical (unpaired) electrons. The molecular weight excluding hydrogens is 262 g/mol. The molecule has 2 aromatic rings. The van der Waals surface area contributed by atoms with Crippen LogP contribution in [0, 0.1) is 0 Å². The highest BCUT2D eigenvalue weighted by atomic mass is 32.1. The number of ether oxygens (including phenoxy) is 1. The third-order valence-corrected chi connectivity index (χ3v) is 4.02. The fourth-order valence-corrected chi connectivity index (χ4v) is 3.04. The first-order valence-electron chi connectivity index (χ1n) is 4.49. The van der Waals surface area contributed by atoms with Crippen molar-refractivity contribution in [2.75, 3.05) is 7.11 Å². The number of methoxy groups -OCH3 is 1. The van der Waals surface area contributed by atoms with E-state index in [9.17, 15) is 9.59 Å². The monoisotopic (exact) mass is 269 g/mol. The summed E-state index contributed by atoms with van der Waals surface area (Å²) >= 11 is 2.42. The van der Waals surface area contributed by atoms with Gasteiger partial charge in [0, 0.05) is 4.88 Å². The molecule has 0 aliphatic carbocycles. The Morgan fingerprint density at radius 1 is 1.47 bits per heavy atom. The predicted molar refractivity (Wildman–Crippen MR) is 63.7 cm³/mol. The molecule has 0 unspecified atom stereocenters. The fraction of sp³-hybridized carbons (Fsp3) is 0.100. The van der Waals surface area contributed by atoms with Crippen molar-refractivity contribution in [2.24, 2.45) is 0 Å². The molecule has 7 heteroatoms. The number of thiazole rings is 1.